The van der Waals surface area contributed by atoms with Gasteiger partial charge in [-0.15, -0.1) is 0 Å². The monoisotopic (exact) mass is 192 g/mol. The largest absolute Gasteiger partial charge is 0.299 e. The normalized spacial score (nSPS) is 25.4. The van der Waals surface area contributed by atoms with Crippen molar-refractivity contribution < 1.29 is 4.79 Å². The zero-order valence-electron chi connectivity index (χ0n) is 9.47. The highest BCUT2D eigenvalue weighted by Crippen LogP contribution is 2.32. The second kappa shape index (κ2) is 5.14. The van der Waals surface area contributed by atoms with Crippen LogP contribution in [0.1, 0.15) is 46.5 Å². The van der Waals surface area contributed by atoms with Gasteiger partial charge in [-0.1, -0.05) is 32.9 Å². The van der Waals surface area contributed by atoms with Crippen molar-refractivity contribution in [2.75, 3.05) is 0 Å². The number of carbonyl (C=O) groups is 1. The third-order valence-corrected chi connectivity index (χ3v) is 2.69. The summed E-state index contributed by atoms with van der Waals surface area (Å²) in [4.78, 5) is 11.2. The van der Waals surface area contributed by atoms with Crippen molar-refractivity contribution in [2.45, 2.75) is 46.5 Å². The second-order valence-corrected chi connectivity index (χ2v) is 3.85. The number of fused-ring (bicyclic) bond motifs is 1. The molecule has 0 aromatic heterocycles. The van der Waals surface area contributed by atoms with Gasteiger partial charge in [-0.05, 0) is 29.9 Å². The predicted molar refractivity (Wildman–Crippen MR) is 60.2 cm³/mol. The minimum Gasteiger partial charge on any atom is -0.299 e. The molecule has 14 heavy (non-hydrogen) atoms. The van der Waals surface area contributed by atoms with Crippen molar-refractivity contribution in [1.82, 2.24) is 0 Å². The Morgan fingerprint density at radius 3 is 2.64 bits per heavy atom. The number of allylic oxidation sites excluding steroid dienone is 4. The molecule has 1 heteroatoms. The topological polar surface area (TPSA) is 17.1 Å². The molecular formula is C13H20O. The molecule has 0 spiro atoms. The van der Waals surface area contributed by atoms with Crippen LogP contribution in [0.25, 0.3) is 0 Å². The van der Waals surface area contributed by atoms with Gasteiger partial charge in [-0.25, -0.2) is 0 Å². The highest BCUT2D eigenvalue weighted by Gasteiger charge is 2.20. The van der Waals surface area contributed by atoms with Crippen LogP contribution in [0, 0.1) is 5.92 Å². The van der Waals surface area contributed by atoms with Crippen molar-refractivity contribution in [1.29, 1.82) is 0 Å². The average Bonchev–Trinajstić information content (AvgIpc) is 2.20. The van der Waals surface area contributed by atoms with E-state index in [0.29, 0.717) is 18.1 Å². The molecule has 0 heterocycles. The molecule has 0 saturated heterocycles. The van der Waals surface area contributed by atoms with E-state index in [1.165, 1.54) is 11.1 Å². The van der Waals surface area contributed by atoms with Crippen molar-refractivity contribution in [2.24, 2.45) is 5.92 Å². The maximum Gasteiger partial charge on any atom is 0.137 e. The van der Waals surface area contributed by atoms with E-state index in [1.807, 2.05) is 13.8 Å². The van der Waals surface area contributed by atoms with Gasteiger partial charge < -0.3 is 0 Å². The van der Waals surface area contributed by atoms with Crippen LogP contribution < -0.4 is 0 Å². The molecule has 0 radical (unpaired) electrons. The van der Waals surface area contributed by atoms with Crippen molar-refractivity contribution in [3.05, 3.63) is 23.3 Å². The highest BCUT2D eigenvalue weighted by atomic mass is 16.1. The summed E-state index contributed by atoms with van der Waals surface area (Å²) in [6.07, 6.45) is 8.18. The maximum absolute atomic E-state index is 11.2. The van der Waals surface area contributed by atoms with Gasteiger partial charge in [0.1, 0.15) is 5.78 Å². The molecule has 1 unspecified atom stereocenters. The molecule has 0 aliphatic heterocycles. The summed E-state index contributed by atoms with van der Waals surface area (Å²) in [6.45, 7) is 6.21. The van der Waals surface area contributed by atoms with Gasteiger partial charge in [0.05, 0.1) is 0 Å². The first-order valence-corrected chi connectivity index (χ1v) is 5.67. The van der Waals surface area contributed by atoms with E-state index in [9.17, 15) is 4.79 Å². The molecule has 78 valence electrons. The van der Waals surface area contributed by atoms with Crippen LogP contribution in [0.3, 0.4) is 0 Å². The summed E-state index contributed by atoms with van der Waals surface area (Å²) in [5, 5.41) is 0. The molecule has 2 aliphatic carbocycles. The molecule has 0 amide bonds. The molecule has 2 rings (SSSR count). The number of rotatable bonds is 0. The first-order chi connectivity index (χ1) is 6.75. The van der Waals surface area contributed by atoms with Crippen LogP contribution in [-0.2, 0) is 4.79 Å². The maximum atomic E-state index is 11.2. The third-order valence-electron chi connectivity index (χ3n) is 2.69. The fourth-order valence-electron chi connectivity index (χ4n) is 1.99. The third kappa shape index (κ3) is 2.57. The highest BCUT2D eigenvalue weighted by molar-refractivity contribution is 5.84. The van der Waals surface area contributed by atoms with Gasteiger partial charge in [-0.2, -0.15) is 0 Å². The summed E-state index contributed by atoms with van der Waals surface area (Å²) < 4.78 is 0. The van der Waals surface area contributed by atoms with Gasteiger partial charge in [0, 0.05) is 12.8 Å². The van der Waals surface area contributed by atoms with Crippen molar-refractivity contribution in [3.63, 3.8) is 0 Å². The quantitative estimate of drug-likeness (QED) is 0.572. The first-order valence-electron chi connectivity index (χ1n) is 5.67. The molecular weight excluding hydrogens is 172 g/mol. The lowest BCUT2D eigenvalue weighted by molar-refractivity contribution is -0.118. The summed E-state index contributed by atoms with van der Waals surface area (Å²) in [5.74, 6) is 1.04. The Morgan fingerprint density at radius 1 is 1.21 bits per heavy atom. The lowest BCUT2D eigenvalue weighted by atomic mass is 9.82. The number of carbonyl (C=O) groups excluding carboxylic acids is 1. The summed E-state index contributed by atoms with van der Waals surface area (Å²) in [6, 6.07) is 0. The van der Waals surface area contributed by atoms with Crippen LogP contribution in [0.2, 0.25) is 0 Å². The lowest BCUT2D eigenvalue weighted by Gasteiger charge is -2.23. The lowest BCUT2D eigenvalue weighted by Crippen LogP contribution is -2.13. The zero-order chi connectivity index (χ0) is 10.6. The van der Waals surface area contributed by atoms with Gasteiger partial charge in [0.15, 0.2) is 0 Å². The standard InChI is InChI=1S/C11H14O.C2H6/c1-8-2-3-9-4-5-11(12)7-10(9)6-8;1-2/h3,6,8H,2,4-5,7H2,1H3;1-2H3. The number of ketones is 1. The predicted octanol–water partition coefficient (Wildman–Crippen LogP) is 3.66. The molecule has 0 bridgehead atoms. The molecule has 0 aromatic carbocycles. The number of hydrogen-bond acceptors (Lipinski definition) is 1. The van der Waals surface area contributed by atoms with E-state index in [0.717, 1.165) is 19.3 Å². The Balaban J connectivity index is 0.000000461. The van der Waals surface area contributed by atoms with Crippen LogP contribution >= 0.6 is 0 Å². The van der Waals surface area contributed by atoms with E-state index in [2.05, 4.69) is 19.1 Å². The van der Waals surface area contributed by atoms with Crippen LogP contribution in [0.4, 0.5) is 0 Å². The van der Waals surface area contributed by atoms with Gasteiger partial charge in [-0.3, -0.25) is 4.79 Å². The minimum atomic E-state index is 0.410. The Hall–Kier alpha value is -0.850. The van der Waals surface area contributed by atoms with Crippen LogP contribution in [0.5, 0.6) is 0 Å². The zero-order valence-corrected chi connectivity index (χ0v) is 9.47. The summed E-state index contributed by atoms with van der Waals surface area (Å²) in [5.41, 5.74) is 2.75. The van der Waals surface area contributed by atoms with E-state index in [1.54, 1.807) is 0 Å². The molecule has 1 saturated carbocycles. The Kier molecular flexibility index (Phi) is 4.12. The van der Waals surface area contributed by atoms with Gasteiger partial charge in [0.25, 0.3) is 0 Å². The summed E-state index contributed by atoms with van der Waals surface area (Å²) in [7, 11) is 0. The molecule has 1 nitrogen and oxygen atoms in total. The minimum absolute atomic E-state index is 0.410. The Labute approximate surface area is 86.9 Å². The van der Waals surface area contributed by atoms with E-state index in [-0.39, 0.29) is 0 Å². The Bertz CT molecular complexity index is 271. The average molecular weight is 192 g/mol. The van der Waals surface area contributed by atoms with E-state index >= 15 is 0 Å². The first kappa shape index (κ1) is 11.2. The SMILES string of the molecule is CC.CC1C=C2CC(=O)CCC2=CC1. The Morgan fingerprint density at radius 2 is 1.93 bits per heavy atom. The smallest absolute Gasteiger partial charge is 0.137 e. The van der Waals surface area contributed by atoms with Crippen LogP contribution in [-0.4, -0.2) is 5.78 Å². The number of hydrogen-bond donors (Lipinski definition) is 0. The summed E-state index contributed by atoms with van der Waals surface area (Å²) >= 11 is 0. The van der Waals surface area contributed by atoms with E-state index < -0.39 is 0 Å². The second-order valence-electron chi connectivity index (χ2n) is 3.85. The molecule has 1 fully saturated rings. The molecule has 1 atom stereocenters. The van der Waals surface area contributed by atoms with Gasteiger partial charge in [0.2, 0.25) is 0 Å². The molecule has 2 aliphatic rings. The fourth-order valence-corrected chi connectivity index (χ4v) is 1.99. The molecule has 0 aromatic rings. The fraction of sp³-hybridized carbons (Fsp3) is 0.615. The molecule has 0 N–H and O–H groups in total. The van der Waals surface area contributed by atoms with Gasteiger partial charge >= 0.3 is 0 Å². The number of Topliss-reactive ketones (excluding diaryl/α,β-unsaturated/α-hetero) is 1. The van der Waals surface area contributed by atoms with Crippen LogP contribution in [0.15, 0.2) is 23.3 Å². The van der Waals surface area contributed by atoms with Crippen molar-refractivity contribution >= 4 is 5.78 Å². The van der Waals surface area contributed by atoms with E-state index in [4.69, 9.17) is 0 Å². The van der Waals surface area contributed by atoms with Crippen molar-refractivity contribution in [3.8, 4) is 0 Å².